The molecule has 1 aromatic carbocycles. The second-order valence-electron chi connectivity index (χ2n) is 4.47. The summed E-state index contributed by atoms with van der Waals surface area (Å²) in [5.41, 5.74) is 0.897. The molecule has 1 heterocycles. The van der Waals surface area contributed by atoms with Crippen molar-refractivity contribution in [1.82, 2.24) is 4.90 Å². The molecule has 7 heteroatoms. The highest BCUT2D eigenvalue weighted by molar-refractivity contribution is 6.08. The minimum atomic E-state index is -0.593. The largest absolute Gasteiger partial charge is 0.508 e. The van der Waals surface area contributed by atoms with E-state index in [1.165, 1.54) is 24.1 Å². The summed E-state index contributed by atoms with van der Waals surface area (Å²) in [4.78, 5) is 25.4. The van der Waals surface area contributed by atoms with Crippen molar-refractivity contribution in [2.75, 3.05) is 32.1 Å². The zero-order chi connectivity index (χ0) is 15.4. The van der Waals surface area contributed by atoms with Gasteiger partial charge in [0.15, 0.2) is 0 Å². The van der Waals surface area contributed by atoms with Gasteiger partial charge in [-0.1, -0.05) is 0 Å². The molecule has 0 unspecified atom stereocenters. The van der Waals surface area contributed by atoms with Crippen molar-refractivity contribution in [2.24, 2.45) is 0 Å². The van der Waals surface area contributed by atoms with Gasteiger partial charge in [0.2, 0.25) is 0 Å². The Morgan fingerprint density at radius 2 is 2.05 bits per heavy atom. The van der Waals surface area contributed by atoms with Crippen LogP contribution in [0.4, 0.5) is 5.69 Å². The molecule has 0 bridgehead atoms. The number of β-amino-alcohol motifs (C(OH)–C–C–N with tert-alkyl or cyclic N) is 1. The Labute approximate surface area is 121 Å². The Bertz CT molecular complexity index is 580. The standard InChI is InChI=1S/C14H16N2O5/c1-21-14(20)11-8-16(6-7-17)13(19)12(11)15-9-2-4-10(18)5-3-9/h2-5,15,17-18H,6-8H2,1H3. The van der Waals surface area contributed by atoms with E-state index >= 15 is 0 Å². The average Bonchev–Trinajstić information content (AvgIpc) is 2.78. The van der Waals surface area contributed by atoms with Crippen molar-refractivity contribution in [1.29, 1.82) is 0 Å². The van der Waals surface area contributed by atoms with E-state index in [1.807, 2.05) is 0 Å². The first kappa shape index (κ1) is 14.9. The maximum absolute atomic E-state index is 12.2. The molecule has 0 spiro atoms. The molecule has 1 amide bonds. The summed E-state index contributed by atoms with van der Waals surface area (Å²) in [6, 6.07) is 6.09. The van der Waals surface area contributed by atoms with Crippen LogP contribution in [-0.2, 0) is 14.3 Å². The lowest BCUT2D eigenvalue weighted by atomic mass is 10.2. The van der Waals surface area contributed by atoms with Gasteiger partial charge in [0, 0.05) is 12.2 Å². The van der Waals surface area contributed by atoms with Crippen molar-refractivity contribution < 1.29 is 24.5 Å². The summed E-state index contributed by atoms with van der Waals surface area (Å²) in [5.74, 6) is -0.870. The SMILES string of the molecule is COC(=O)C1=C(Nc2ccc(O)cc2)C(=O)N(CCO)C1. The first-order valence-corrected chi connectivity index (χ1v) is 6.34. The van der Waals surface area contributed by atoms with Crippen LogP contribution in [0, 0.1) is 0 Å². The van der Waals surface area contributed by atoms with Gasteiger partial charge in [0.1, 0.15) is 11.4 Å². The number of aromatic hydroxyl groups is 1. The third-order valence-electron chi connectivity index (χ3n) is 3.09. The average molecular weight is 292 g/mol. The van der Waals surface area contributed by atoms with E-state index in [0.717, 1.165) is 0 Å². The Kier molecular flexibility index (Phi) is 4.44. The molecule has 0 saturated carbocycles. The molecule has 0 saturated heterocycles. The third-order valence-corrected chi connectivity index (χ3v) is 3.09. The lowest BCUT2D eigenvalue weighted by Gasteiger charge is -2.14. The topological polar surface area (TPSA) is 99.1 Å². The van der Waals surface area contributed by atoms with Crippen LogP contribution in [0.3, 0.4) is 0 Å². The number of nitrogens with zero attached hydrogens (tertiary/aromatic N) is 1. The van der Waals surface area contributed by atoms with Gasteiger partial charge in [-0.3, -0.25) is 4.79 Å². The van der Waals surface area contributed by atoms with Crippen molar-refractivity contribution in [3.8, 4) is 5.75 Å². The Morgan fingerprint density at radius 1 is 1.38 bits per heavy atom. The van der Waals surface area contributed by atoms with Crippen molar-refractivity contribution in [3.63, 3.8) is 0 Å². The van der Waals surface area contributed by atoms with Crippen LogP contribution in [0.1, 0.15) is 0 Å². The maximum atomic E-state index is 12.2. The number of amides is 1. The van der Waals surface area contributed by atoms with Crippen LogP contribution in [0.2, 0.25) is 0 Å². The number of phenols is 1. The number of carbonyl (C=O) groups is 2. The highest BCUT2D eigenvalue weighted by Crippen LogP contribution is 2.23. The number of esters is 1. The molecule has 3 N–H and O–H groups in total. The van der Waals surface area contributed by atoms with Gasteiger partial charge in [-0.25, -0.2) is 4.79 Å². The number of ether oxygens (including phenoxy) is 1. The molecule has 0 radical (unpaired) electrons. The van der Waals surface area contributed by atoms with E-state index in [-0.39, 0.29) is 42.6 Å². The van der Waals surface area contributed by atoms with Crippen LogP contribution in [0.5, 0.6) is 5.75 Å². The molecule has 112 valence electrons. The predicted octanol–water partition coefficient (Wildman–Crippen LogP) is 0.0657. The van der Waals surface area contributed by atoms with Crippen LogP contribution in [-0.4, -0.2) is 53.8 Å². The first-order chi connectivity index (χ1) is 10.1. The summed E-state index contributed by atoms with van der Waals surface area (Å²) < 4.78 is 4.68. The molecule has 0 atom stereocenters. The van der Waals surface area contributed by atoms with Gasteiger partial charge >= 0.3 is 5.97 Å². The highest BCUT2D eigenvalue weighted by atomic mass is 16.5. The van der Waals surface area contributed by atoms with Crippen LogP contribution >= 0.6 is 0 Å². The highest BCUT2D eigenvalue weighted by Gasteiger charge is 2.34. The molecule has 21 heavy (non-hydrogen) atoms. The Balaban J connectivity index is 2.28. The van der Waals surface area contributed by atoms with Crippen LogP contribution in [0.25, 0.3) is 0 Å². The van der Waals surface area contributed by atoms with Gasteiger partial charge in [0.05, 0.1) is 25.8 Å². The minimum Gasteiger partial charge on any atom is -0.508 e. The first-order valence-electron chi connectivity index (χ1n) is 6.34. The molecule has 0 aromatic heterocycles. The number of phenolic OH excluding ortho intramolecular Hbond substituents is 1. The molecule has 0 aliphatic carbocycles. The quantitative estimate of drug-likeness (QED) is 0.524. The molecule has 7 nitrogen and oxygen atoms in total. The summed E-state index contributed by atoms with van der Waals surface area (Å²) in [5, 5.41) is 21.1. The van der Waals surface area contributed by atoms with E-state index in [2.05, 4.69) is 10.1 Å². The number of rotatable bonds is 5. The molecular formula is C14H16N2O5. The van der Waals surface area contributed by atoms with Crippen LogP contribution < -0.4 is 5.32 Å². The Hall–Kier alpha value is -2.54. The monoisotopic (exact) mass is 292 g/mol. The fourth-order valence-electron chi connectivity index (χ4n) is 2.04. The summed E-state index contributed by atoms with van der Waals surface area (Å²) in [6.07, 6.45) is 0. The molecular weight excluding hydrogens is 276 g/mol. The van der Waals surface area contributed by atoms with Gasteiger partial charge in [-0.2, -0.15) is 0 Å². The number of hydrogen-bond acceptors (Lipinski definition) is 6. The lowest BCUT2D eigenvalue weighted by molar-refractivity contribution is -0.136. The minimum absolute atomic E-state index is 0.0898. The number of aliphatic hydroxyl groups is 1. The number of nitrogens with one attached hydrogen (secondary N) is 1. The normalized spacial score (nSPS) is 14.6. The lowest BCUT2D eigenvalue weighted by Crippen LogP contribution is -2.31. The molecule has 1 aliphatic rings. The van der Waals surface area contributed by atoms with Crippen molar-refractivity contribution >= 4 is 17.6 Å². The molecule has 2 rings (SSSR count). The second kappa shape index (κ2) is 6.27. The summed E-state index contributed by atoms with van der Waals surface area (Å²) in [7, 11) is 1.24. The molecule has 0 fully saturated rings. The zero-order valence-corrected chi connectivity index (χ0v) is 11.5. The number of anilines is 1. The number of benzene rings is 1. The Morgan fingerprint density at radius 3 is 2.62 bits per heavy atom. The maximum Gasteiger partial charge on any atom is 0.337 e. The fraction of sp³-hybridized carbons (Fsp3) is 0.286. The summed E-state index contributed by atoms with van der Waals surface area (Å²) in [6.45, 7) is 0.0409. The fourth-order valence-corrected chi connectivity index (χ4v) is 2.04. The number of carbonyl (C=O) groups excluding carboxylic acids is 2. The van der Waals surface area contributed by atoms with Gasteiger partial charge < -0.3 is 25.2 Å². The van der Waals surface area contributed by atoms with E-state index in [4.69, 9.17) is 5.11 Å². The predicted molar refractivity (Wildman–Crippen MR) is 74.4 cm³/mol. The van der Waals surface area contributed by atoms with E-state index in [9.17, 15) is 14.7 Å². The zero-order valence-electron chi connectivity index (χ0n) is 11.5. The van der Waals surface area contributed by atoms with Gasteiger partial charge in [-0.15, -0.1) is 0 Å². The van der Waals surface area contributed by atoms with Crippen molar-refractivity contribution in [3.05, 3.63) is 35.5 Å². The second-order valence-corrected chi connectivity index (χ2v) is 4.47. The molecule has 1 aromatic rings. The summed E-state index contributed by atoms with van der Waals surface area (Å²) >= 11 is 0. The van der Waals surface area contributed by atoms with Gasteiger partial charge in [0.25, 0.3) is 5.91 Å². The molecule has 1 aliphatic heterocycles. The van der Waals surface area contributed by atoms with E-state index in [0.29, 0.717) is 5.69 Å². The third kappa shape index (κ3) is 3.14. The van der Waals surface area contributed by atoms with Crippen molar-refractivity contribution in [2.45, 2.75) is 0 Å². The number of aliphatic hydroxyl groups excluding tert-OH is 1. The van der Waals surface area contributed by atoms with Crippen LogP contribution in [0.15, 0.2) is 35.5 Å². The van der Waals surface area contributed by atoms with E-state index < -0.39 is 5.97 Å². The van der Waals surface area contributed by atoms with Gasteiger partial charge in [-0.05, 0) is 24.3 Å². The number of methoxy groups -OCH3 is 1. The van der Waals surface area contributed by atoms with E-state index in [1.54, 1.807) is 12.1 Å². The number of hydrogen-bond donors (Lipinski definition) is 3. The smallest absolute Gasteiger partial charge is 0.337 e.